The number of methoxy groups -OCH3 is 1. The van der Waals surface area contributed by atoms with Crippen LogP contribution in [0.3, 0.4) is 0 Å². The number of rotatable bonds is 9. The molecule has 5 heteroatoms. The second kappa shape index (κ2) is 9.82. The zero-order valence-corrected chi connectivity index (χ0v) is 16.0. The third kappa shape index (κ3) is 6.08. The van der Waals surface area contributed by atoms with Crippen LogP contribution < -0.4 is 14.8 Å². The molecule has 26 heavy (non-hydrogen) atoms. The summed E-state index contributed by atoms with van der Waals surface area (Å²) in [7, 11) is 3.68. The van der Waals surface area contributed by atoms with Crippen molar-refractivity contribution in [2.45, 2.75) is 26.9 Å². The van der Waals surface area contributed by atoms with Crippen molar-refractivity contribution in [1.29, 1.82) is 0 Å². The average molecular weight is 356 g/mol. The summed E-state index contributed by atoms with van der Waals surface area (Å²) in [5, 5.41) is 2.89. The maximum atomic E-state index is 12.1. The second-order valence-electron chi connectivity index (χ2n) is 6.37. The van der Waals surface area contributed by atoms with E-state index in [1.54, 1.807) is 7.11 Å². The number of hydrogen-bond donors (Lipinski definition) is 1. The molecule has 0 radical (unpaired) electrons. The van der Waals surface area contributed by atoms with Crippen LogP contribution in [0.2, 0.25) is 0 Å². The minimum absolute atomic E-state index is 0.0440. The van der Waals surface area contributed by atoms with E-state index in [0.29, 0.717) is 18.0 Å². The summed E-state index contributed by atoms with van der Waals surface area (Å²) in [5.74, 6) is 1.03. The summed E-state index contributed by atoms with van der Waals surface area (Å²) in [6.07, 6.45) is 0. The molecule has 0 aromatic heterocycles. The van der Waals surface area contributed by atoms with Crippen LogP contribution in [0.15, 0.2) is 42.5 Å². The summed E-state index contributed by atoms with van der Waals surface area (Å²) in [6.45, 7) is 6.45. The van der Waals surface area contributed by atoms with Gasteiger partial charge in [0.05, 0.1) is 7.11 Å². The molecule has 1 amide bonds. The van der Waals surface area contributed by atoms with Gasteiger partial charge in [0, 0.05) is 13.1 Å². The van der Waals surface area contributed by atoms with E-state index in [0.717, 1.165) is 24.2 Å². The van der Waals surface area contributed by atoms with Gasteiger partial charge in [-0.25, -0.2) is 0 Å². The molecular weight excluding hydrogens is 328 g/mol. The van der Waals surface area contributed by atoms with Crippen LogP contribution in [0.4, 0.5) is 0 Å². The van der Waals surface area contributed by atoms with E-state index < -0.39 is 0 Å². The highest BCUT2D eigenvalue weighted by Crippen LogP contribution is 2.27. The van der Waals surface area contributed by atoms with Crippen LogP contribution in [-0.2, 0) is 17.9 Å². The molecule has 0 aliphatic carbocycles. The first-order chi connectivity index (χ1) is 12.5. The van der Waals surface area contributed by atoms with Crippen LogP contribution in [0, 0.1) is 6.92 Å². The molecule has 2 rings (SSSR count). The average Bonchev–Trinajstić information content (AvgIpc) is 2.65. The van der Waals surface area contributed by atoms with Crippen molar-refractivity contribution in [2.24, 2.45) is 0 Å². The molecule has 0 bridgehead atoms. The molecule has 0 aliphatic rings. The van der Waals surface area contributed by atoms with Gasteiger partial charge in [-0.1, -0.05) is 37.3 Å². The molecule has 0 heterocycles. The Morgan fingerprint density at radius 2 is 1.88 bits per heavy atom. The first-order valence-electron chi connectivity index (χ1n) is 8.82. The second-order valence-corrected chi connectivity index (χ2v) is 6.37. The van der Waals surface area contributed by atoms with Crippen molar-refractivity contribution in [3.63, 3.8) is 0 Å². The van der Waals surface area contributed by atoms with Crippen molar-refractivity contribution >= 4 is 5.91 Å². The summed E-state index contributed by atoms with van der Waals surface area (Å²) < 4.78 is 10.9. The Labute approximate surface area is 155 Å². The molecular formula is C21H28N2O3. The molecule has 2 aromatic rings. The number of amides is 1. The number of carbonyl (C=O) groups is 1. The summed E-state index contributed by atoms with van der Waals surface area (Å²) in [6, 6.07) is 13.9. The van der Waals surface area contributed by atoms with Gasteiger partial charge in [0.25, 0.3) is 5.91 Å². The number of hydrogen-bond acceptors (Lipinski definition) is 4. The molecule has 0 saturated heterocycles. The molecule has 1 N–H and O–H groups in total. The fourth-order valence-corrected chi connectivity index (χ4v) is 2.55. The summed E-state index contributed by atoms with van der Waals surface area (Å²) >= 11 is 0. The molecule has 140 valence electrons. The maximum absolute atomic E-state index is 12.1. The summed E-state index contributed by atoms with van der Waals surface area (Å²) in [5.41, 5.74) is 3.39. The lowest BCUT2D eigenvalue weighted by Crippen LogP contribution is -2.28. The molecule has 2 aromatic carbocycles. The largest absolute Gasteiger partial charge is 0.493 e. The number of aryl methyl sites for hydroxylation is 1. The van der Waals surface area contributed by atoms with E-state index >= 15 is 0 Å². The molecule has 0 fully saturated rings. The lowest BCUT2D eigenvalue weighted by atomic mass is 10.1. The SMILES string of the molecule is CCN(C)Cc1cccc(CNC(=O)COc2ccc(C)cc2OC)c1. The van der Waals surface area contributed by atoms with Gasteiger partial charge in [0.1, 0.15) is 0 Å². The highest BCUT2D eigenvalue weighted by molar-refractivity contribution is 5.77. The van der Waals surface area contributed by atoms with Crippen molar-refractivity contribution in [2.75, 3.05) is 27.3 Å². The fraction of sp³-hybridized carbons (Fsp3) is 0.381. The van der Waals surface area contributed by atoms with Crippen LogP contribution >= 0.6 is 0 Å². The Morgan fingerprint density at radius 1 is 1.12 bits per heavy atom. The van der Waals surface area contributed by atoms with E-state index in [-0.39, 0.29) is 12.5 Å². The standard InChI is InChI=1S/C21H28N2O3/c1-5-23(3)14-18-8-6-7-17(12-18)13-22-21(24)15-26-19-10-9-16(2)11-20(19)25-4/h6-12H,5,13-15H2,1-4H3,(H,22,24). The van der Waals surface area contributed by atoms with Gasteiger partial charge in [-0.15, -0.1) is 0 Å². The third-order valence-corrected chi connectivity index (χ3v) is 4.15. The van der Waals surface area contributed by atoms with Crippen LogP contribution in [0.1, 0.15) is 23.6 Å². The molecule has 0 atom stereocenters. The molecule has 0 saturated carbocycles. The summed E-state index contributed by atoms with van der Waals surface area (Å²) in [4.78, 5) is 14.3. The minimum atomic E-state index is -0.163. The van der Waals surface area contributed by atoms with Gasteiger partial charge >= 0.3 is 0 Å². The predicted molar refractivity (Wildman–Crippen MR) is 104 cm³/mol. The topological polar surface area (TPSA) is 50.8 Å². The van der Waals surface area contributed by atoms with Gasteiger partial charge in [-0.05, 0) is 49.3 Å². The normalized spacial score (nSPS) is 10.7. The lowest BCUT2D eigenvalue weighted by molar-refractivity contribution is -0.123. The maximum Gasteiger partial charge on any atom is 0.258 e. The predicted octanol–water partition coefficient (Wildman–Crippen LogP) is 3.15. The third-order valence-electron chi connectivity index (χ3n) is 4.15. The highest BCUT2D eigenvalue weighted by atomic mass is 16.5. The molecule has 0 unspecified atom stereocenters. The van der Waals surface area contributed by atoms with Crippen LogP contribution in [-0.4, -0.2) is 38.1 Å². The quantitative estimate of drug-likeness (QED) is 0.750. The van der Waals surface area contributed by atoms with Gasteiger partial charge in [0.15, 0.2) is 18.1 Å². The van der Waals surface area contributed by atoms with Gasteiger partial charge in [0.2, 0.25) is 0 Å². The zero-order chi connectivity index (χ0) is 18.9. The Morgan fingerprint density at radius 3 is 2.62 bits per heavy atom. The Bertz CT molecular complexity index is 731. The minimum Gasteiger partial charge on any atom is -0.493 e. The smallest absolute Gasteiger partial charge is 0.258 e. The number of ether oxygens (including phenoxy) is 2. The van der Waals surface area contributed by atoms with E-state index in [2.05, 4.69) is 36.3 Å². The molecule has 5 nitrogen and oxygen atoms in total. The number of benzene rings is 2. The zero-order valence-electron chi connectivity index (χ0n) is 16.0. The Balaban J connectivity index is 1.84. The van der Waals surface area contributed by atoms with E-state index in [9.17, 15) is 4.79 Å². The van der Waals surface area contributed by atoms with Crippen molar-refractivity contribution < 1.29 is 14.3 Å². The van der Waals surface area contributed by atoms with Crippen LogP contribution in [0.5, 0.6) is 11.5 Å². The lowest BCUT2D eigenvalue weighted by Gasteiger charge is -2.15. The molecule has 0 spiro atoms. The molecule has 0 aliphatic heterocycles. The first-order valence-corrected chi connectivity index (χ1v) is 8.82. The number of carbonyl (C=O) groups excluding carboxylic acids is 1. The van der Waals surface area contributed by atoms with Crippen LogP contribution in [0.25, 0.3) is 0 Å². The Hall–Kier alpha value is -2.53. The van der Waals surface area contributed by atoms with Crippen molar-refractivity contribution in [1.82, 2.24) is 10.2 Å². The van der Waals surface area contributed by atoms with Gasteiger partial charge < -0.3 is 19.7 Å². The Kier molecular flexibility index (Phi) is 7.48. The van der Waals surface area contributed by atoms with E-state index in [1.165, 1.54) is 5.56 Å². The van der Waals surface area contributed by atoms with Crippen molar-refractivity contribution in [3.05, 3.63) is 59.2 Å². The fourth-order valence-electron chi connectivity index (χ4n) is 2.55. The van der Waals surface area contributed by atoms with Gasteiger partial charge in [-0.3, -0.25) is 4.79 Å². The van der Waals surface area contributed by atoms with E-state index in [4.69, 9.17) is 9.47 Å². The monoisotopic (exact) mass is 356 g/mol. The van der Waals surface area contributed by atoms with Crippen molar-refractivity contribution in [3.8, 4) is 11.5 Å². The van der Waals surface area contributed by atoms with Gasteiger partial charge in [-0.2, -0.15) is 0 Å². The first kappa shape index (κ1) is 19.8. The highest BCUT2D eigenvalue weighted by Gasteiger charge is 2.08. The number of nitrogens with zero attached hydrogens (tertiary/aromatic N) is 1. The number of nitrogens with one attached hydrogen (secondary N) is 1. The van der Waals surface area contributed by atoms with E-state index in [1.807, 2.05) is 37.3 Å².